The standard InChI is InChI=1S/C55H92O6/c1-4-7-10-13-16-18-20-22-24-25-26-27-28-29-31-32-34-36-39-42-45-48-54(57)60-51-52(50-59-53(56)47-44-41-38-15-12-9-6-3)61-55(58)49-46-43-40-37-35-33-30-23-21-19-17-14-11-8-5-2/h8,11,17,19-20,22-23,25-26,28-30,35,37,52H,4-7,9-10,12-16,18,21,24,27,31-34,36,38-51H2,1-3H3/b11-8-,19-17-,22-20-,26-25-,29-28-,30-23-,37-35-. The van der Waals surface area contributed by atoms with Gasteiger partial charge < -0.3 is 14.2 Å². The minimum Gasteiger partial charge on any atom is -0.462 e. The molecule has 348 valence electrons. The summed E-state index contributed by atoms with van der Waals surface area (Å²) in [5.41, 5.74) is 0. The molecule has 0 heterocycles. The molecule has 0 radical (unpaired) electrons. The molecular weight excluding hydrogens is 757 g/mol. The molecule has 61 heavy (non-hydrogen) atoms. The minimum atomic E-state index is -0.800. The molecule has 0 fully saturated rings. The first kappa shape index (κ1) is 57.6. The summed E-state index contributed by atoms with van der Waals surface area (Å²) in [5, 5.41) is 0. The third-order valence-corrected chi connectivity index (χ3v) is 10.4. The molecule has 0 saturated carbocycles. The minimum absolute atomic E-state index is 0.0981. The molecule has 0 aliphatic rings. The number of hydrogen-bond acceptors (Lipinski definition) is 6. The molecule has 0 aliphatic heterocycles. The van der Waals surface area contributed by atoms with E-state index in [0.717, 1.165) is 96.3 Å². The molecule has 0 rings (SSSR count). The molecule has 0 N–H and O–H groups in total. The Kier molecular flexibility index (Phi) is 46.5. The van der Waals surface area contributed by atoms with E-state index in [1.165, 1.54) is 83.5 Å². The number of esters is 3. The van der Waals surface area contributed by atoms with E-state index in [9.17, 15) is 14.4 Å². The quantitative estimate of drug-likeness (QED) is 0.0263. The van der Waals surface area contributed by atoms with E-state index in [0.29, 0.717) is 19.3 Å². The normalized spacial score (nSPS) is 12.8. The number of hydrogen-bond donors (Lipinski definition) is 0. The van der Waals surface area contributed by atoms with Gasteiger partial charge in [0.15, 0.2) is 6.10 Å². The smallest absolute Gasteiger partial charge is 0.306 e. The summed E-state index contributed by atoms with van der Waals surface area (Å²) < 4.78 is 16.7. The van der Waals surface area contributed by atoms with E-state index in [1.54, 1.807) is 0 Å². The molecule has 0 aromatic rings. The van der Waals surface area contributed by atoms with Crippen molar-refractivity contribution in [2.75, 3.05) is 13.2 Å². The van der Waals surface area contributed by atoms with Gasteiger partial charge in [0, 0.05) is 19.3 Å². The number of allylic oxidation sites excluding steroid dienone is 14. The largest absolute Gasteiger partial charge is 0.462 e. The summed E-state index contributed by atoms with van der Waals surface area (Å²) in [6, 6.07) is 0. The van der Waals surface area contributed by atoms with Crippen LogP contribution in [0.15, 0.2) is 85.1 Å². The molecule has 0 saturated heterocycles. The highest BCUT2D eigenvalue weighted by Crippen LogP contribution is 2.13. The predicted molar refractivity (Wildman–Crippen MR) is 261 cm³/mol. The zero-order valence-electron chi connectivity index (χ0n) is 39.7. The van der Waals surface area contributed by atoms with Crippen molar-refractivity contribution in [1.29, 1.82) is 0 Å². The van der Waals surface area contributed by atoms with E-state index in [4.69, 9.17) is 14.2 Å². The van der Waals surface area contributed by atoms with Gasteiger partial charge in [0.05, 0.1) is 0 Å². The molecule has 0 amide bonds. The van der Waals surface area contributed by atoms with Gasteiger partial charge in [0.2, 0.25) is 0 Å². The van der Waals surface area contributed by atoms with Gasteiger partial charge in [0.25, 0.3) is 0 Å². The Hall–Kier alpha value is -3.41. The van der Waals surface area contributed by atoms with E-state index in [2.05, 4.69) is 106 Å². The van der Waals surface area contributed by atoms with E-state index in [1.807, 2.05) is 0 Å². The molecule has 0 bridgehead atoms. The zero-order valence-corrected chi connectivity index (χ0v) is 39.7. The van der Waals surface area contributed by atoms with Crippen molar-refractivity contribution in [3.8, 4) is 0 Å². The molecule has 0 aromatic carbocycles. The molecule has 0 spiro atoms. The van der Waals surface area contributed by atoms with Gasteiger partial charge in [0.1, 0.15) is 13.2 Å². The topological polar surface area (TPSA) is 78.9 Å². The van der Waals surface area contributed by atoms with Crippen LogP contribution in [0.2, 0.25) is 0 Å². The third-order valence-electron chi connectivity index (χ3n) is 10.4. The summed E-state index contributed by atoms with van der Waals surface area (Å²) in [6.45, 7) is 6.41. The molecule has 6 heteroatoms. The van der Waals surface area contributed by atoms with E-state index < -0.39 is 6.10 Å². The highest BCUT2D eigenvalue weighted by atomic mass is 16.6. The SMILES string of the molecule is CC/C=C\C/C=C\C/C=C\C/C=C\CCCCC(=O)OC(COC(=O)CCCCCCCCC)COC(=O)CCCCCCCC/C=C\C/C=C\C/C=C\CCCCCCC. The molecule has 0 aromatic heterocycles. The van der Waals surface area contributed by atoms with Crippen molar-refractivity contribution < 1.29 is 28.6 Å². The first-order chi connectivity index (χ1) is 30.0. The van der Waals surface area contributed by atoms with Gasteiger partial charge in [-0.15, -0.1) is 0 Å². The average molecular weight is 849 g/mol. The Morgan fingerprint density at radius 1 is 0.344 bits per heavy atom. The van der Waals surface area contributed by atoms with Crippen molar-refractivity contribution in [2.24, 2.45) is 0 Å². The maximum atomic E-state index is 12.7. The van der Waals surface area contributed by atoms with E-state index >= 15 is 0 Å². The highest BCUT2D eigenvalue weighted by Gasteiger charge is 2.19. The van der Waals surface area contributed by atoms with Crippen molar-refractivity contribution >= 4 is 17.9 Å². The van der Waals surface area contributed by atoms with Crippen molar-refractivity contribution in [2.45, 2.75) is 232 Å². The second-order valence-corrected chi connectivity index (χ2v) is 16.3. The van der Waals surface area contributed by atoms with Gasteiger partial charge in [-0.25, -0.2) is 0 Å². The van der Waals surface area contributed by atoms with Crippen LogP contribution in [0.4, 0.5) is 0 Å². The van der Waals surface area contributed by atoms with Crippen LogP contribution in [-0.4, -0.2) is 37.2 Å². The summed E-state index contributed by atoms with van der Waals surface area (Å²) in [6.07, 6.45) is 63.0. The number of ether oxygens (including phenoxy) is 3. The van der Waals surface area contributed by atoms with Gasteiger partial charge in [-0.1, -0.05) is 196 Å². The summed E-state index contributed by atoms with van der Waals surface area (Å²) in [4.78, 5) is 37.7. The first-order valence-electron chi connectivity index (χ1n) is 25.1. The number of carbonyl (C=O) groups excluding carboxylic acids is 3. The van der Waals surface area contributed by atoms with Crippen molar-refractivity contribution in [3.63, 3.8) is 0 Å². The van der Waals surface area contributed by atoms with Crippen molar-refractivity contribution in [1.82, 2.24) is 0 Å². The van der Waals surface area contributed by atoms with Crippen LogP contribution in [0.25, 0.3) is 0 Å². The average Bonchev–Trinajstić information content (AvgIpc) is 3.26. The lowest BCUT2D eigenvalue weighted by atomic mass is 10.1. The number of unbranched alkanes of at least 4 members (excludes halogenated alkanes) is 19. The van der Waals surface area contributed by atoms with Crippen LogP contribution in [0.1, 0.15) is 226 Å². The van der Waals surface area contributed by atoms with Crippen LogP contribution in [0.5, 0.6) is 0 Å². The maximum absolute atomic E-state index is 12.7. The van der Waals surface area contributed by atoms with Crippen LogP contribution in [0.3, 0.4) is 0 Å². The lowest BCUT2D eigenvalue weighted by Gasteiger charge is -2.18. The lowest BCUT2D eigenvalue weighted by molar-refractivity contribution is -0.167. The summed E-state index contributed by atoms with van der Waals surface area (Å²) in [5.74, 6) is -0.963. The lowest BCUT2D eigenvalue weighted by Crippen LogP contribution is -2.30. The molecule has 1 atom stereocenters. The fraction of sp³-hybridized carbons (Fsp3) is 0.691. The Morgan fingerprint density at radius 3 is 1.03 bits per heavy atom. The van der Waals surface area contributed by atoms with Gasteiger partial charge in [-0.2, -0.15) is 0 Å². The van der Waals surface area contributed by atoms with Gasteiger partial charge in [-0.3, -0.25) is 14.4 Å². The van der Waals surface area contributed by atoms with Crippen molar-refractivity contribution in [3.05, 3.63) is 85.1 Å². The Morgan fingerprint density at radius 2 is 0.639 bits per heavy atom. The monoisotopic (exact) mass is 849 g/mol. The van der Waals surface area contributed by atoms with Crippen LogP contribution >= 0.6 is 0 Å². The second kappa shape index (κ2) is 49.2. The molecule has 1 unspecified atom stereocenters. The maximum Gasteiger partial charge on any atom is 0.306 e. The zero-order chi connectivity index (χ0) is 44.4. The Bertz CT molecular complexity index is 1200. The number of carbonyl (C=O) groups is 3. The summed E-state index contributed by atoms with van der Waals surface area (Å²) in [7, 11) is 0. The fourth-order valence-electron chi connectivity index (χ4n) is 6.61. The van der Waals surface area contributed by atoms with Crippen LogP contribution < -0.4 is 0 Å². The molecule has 6 nitrogen and oxygen atoms in total. The van der Waals surface area contributed by atoms with Gasteiger partial charge in [-0.05, 0) is 96.3 Å². The van der Waals surface area contributed by atoms with Crippen LogP contribution in [0, 0.1) is 0 Å². The molecule has 0 aliphatic carbocycles. The first-order valence-corrected chi connectivity index (χ1v) is 25.1. The number of rotatable bonds is 44. The van der Waals surface area contributed by atoms with E-state index in [-0.39, 0.29) is 37.5 Å². The van der Waals surface area contributed by atoms with Crippen LogP contribution in [-0.2, 0) is 28.6 Å². The summed E-state index contributed by atoms with van der Waals surface area (Å²) >= 11 is 0. The fourth-order valence-corrected chi connectivity index (χ4v) is 6.61. The molecular formula is C55H92O6. The Balaban J connectivity index is 4.34. The predicted octanol–water partition coefficient (Wildman–Crippen LogP) is 16.4. The second-order valence-electron chi connectivity index (χ2n) is 16.3. The van der Waals surface area contributed by atoms with Gasteiger partial charge >= 0.3 is 17.9 Å². The third kappa shape index (κ3) is 47.5. The Labute approximate surface area is 375 Å². The highest BCUT2D eigenvalue weighted by molar-refractivity contribution is 5.71.